The van der Waals surface area contributed by atoms with Gasteiger partial charge in [0.2, 0.25) is 5.91 Å². The highest BCUT2D eigenvalue weighted by atomic mass is 16.5. The van der Waals surface area contributed by atoms with Gasteiger partial charge >= 0.3 is 0 Å². The first-order chi connectivity index (χ1) is 12.6. The Hall–Kier alpha value is -2.76. The molecule has 2 amide bonds. The molecular weight excluding hydrogens is 332 g/mol. The van der Waals surface area contributed by atoms with Crippen LogP contribution in [0.5, 0.6) is 5.75 Å². The summed E-state index contributed by atoms with van der Waals surface area (Å²) in [5.74, 6) is 0.704. The normalized spacial score (nSPS) is 17.8. The Morgan fingerprint density at radius 2 is 2.08 bits per heavy atom. The fourth-order valence-corrected chi connectivity index (χ4v) is 3.24. The van der Waals surface area contributed by atoms with E-state index in [2.05, 4.69) is 5.32 Å². The molecule has 138 valence electrons. The van der Waals surface area contributed by atoms with E-state index in [0.717, 1.165) is 17.7 Å². The summed E-state index contributed by atoms with van der Waals surface area (Å²) in [4.78, 5) is 26.8. The third-order valence-electron chi connectivity index (χ3n) is 4.60. The van der Waals surface area contributed by atoms with Crippen molar-refractivity contribution in [2.75, 3.05) is 13.2 Å². The number of nitrogens with one attached hydrogen (secondary N) is 1. The van der Waals surface area contributed by atoms with Crippen LogP contribution in [0.1, 0.15) is 48.8 Å². The van der Waals surface area contributed by atoms with Crippen LogP contribution in [-0.4, -0.2) is 35.9 Å². The number of amides is 2. The number of hydrogen-bond donors (Lipinski definition) is 1. The SMILES string of the molecule is CCOc1ccc(C(C)NC(=O)C2CCCN2C(=O)c2ccco2)cc1. The van der Waals surface area contributed by atoms with Gasteiger partial charge in [0, 0.05) is 6.54 Å². The highest BCUT2D eigenvalue weighted by molar-refractivity contribution is 5.96. The molecule has 0 aliphatic carbocycles. The lowest BCUT2D eigenvalue weighted by Crippen LogP contribution is -2.46. The molecule has 1 fully saturated rings. The molecule has 1 aromatic carbocycles. The number of likely N-dealkylation sites (tertiary alicyclic amines) is 1. The van der Waals surface area contributed by atoms with Crippen molar-refractivity contribution in [2.24, 2.45) is 0 Å². The Bertz CT molecular complexity index is 740. The number of furan rings is 1. The second kappa shape index (κ2) is 8.08. The minimum Gasteiger partial charge on any atom is -0.494 e. The van der Waals surface area contributed by atoms with Crippen molar-refractivity contribution in [2.45, 2.75) is 38.8 Å². The number of rotatable bonds is 6. The van der Waals surface area contributed by atoms with Gasteiger partial charge in [0.25, 0.3) is 5.91 Å². The van der Waals surface area contributed by atoms with Crippen molar-refractivity contribution >= 4 is 11.8 Å². The van der Waals surface area contributed by atoms with Gasteiger partial charge in [-0.15, -0.1) is 0 Å². The summed E-state index contributed by atoms with van der Waals surface area (Å²) in [6.07, 6.45) is 2.93. The van der Waals surface area contributed by atoms with Crippen LogP contribution in [0.25, 0.3) is 0 Å². The summed E-state index contributed by atoms with van der Waals surface area (Å²) in [7, 11) is 0. The van der Waals surface area contributed by atoms with Crippen LogP contribution in [0.3, 0.4) is 0 Å². The quantitative estimate of drug-likeness (QED) is 0.863. The predicted molar refractivity (Wildman–Crippen MR) is 96.9 cm³/mol. The summed E-state index contributed by atoms with van der Waals surface area (Å²) in [6.45, 7) is 5.05. The van der Waals surface area contributed by atoms with E-state index in [4.69, 9.17) is 9.15 Å². The Balaban J connectivity index is 1.63. The molecule has 0 spiro atoms. The molecular formula is C20H24N2O4. The van der Waals surface area contributed by atoms with E-state index in [1.807, 2.05) is 38.1 Å². The average molecular weight is 356 g/mol. The van der Waals surface area contributed by atoms with Gasteiger partial charge in [0.1, 0.15) is 11.8 Å². The number of hydrogen-bond acceptors (Lipinski definition) is 4. The summed E-state index contributed by atoms with van der Waals surface area (Å²) in [5.41, 5.74) is 0.990. The van der Waals surface area contributed by atoms with Crippen molar-refractivity contribution in [1.29, 1.82) is 0 Å². The van der Waals surface area contributed by atoms with Gasteiger partial charge in [-0.1, -0.05) is 12.1 Å². The lowest BCUT2D eigenvalue weighted by Gasteiger charge is -2.25. The Kier molecular flexibility index (Phi) is 5.61. The molecule has 1 N–H and O–H groups in total. The van der Waals surface area contributed by atoms with Crippen LogP contribution in [0.15, 0.2) is 47.1 Å². The van der Waals surface area contributed by atoms with Crippen LogP contribution in [0.2, 0.25) is 0 Å². The molecule has 3 rings (SSSR count). The molecule has 1 saturated heterocycles. The molecule has 0 bridgehead atoms. The predicted octanol–water partition coefficient (Wildman–Crippen LogP) is 3.16. The molecule has 2 heterocycles. The lowest BCUT2D eigenvalue weighted by molar-refractivity contribution is -0.125. The third kappa shape index (κ3) is 3.90. The summed E-state index contributed by atoms with van der Waals surface area (Å²) in [5, 5.41) is 3.02. The van der Waals surface area contributed by atoms with E-state index in [0.29, 0.717) is 19.6 Å². The molecule has 6 heteroatoms. The molecule has 1 aromatic heterocycles. The van der Waals surface area contributed by atoms with Crippen molar-refractivity contribution < 1.29 is 18.7 Å². The fraction of sp³-hybridized carbons (Fsp3) is 0.400. The largest absolute Gasteiger partial charge is 0.494 e. The first-order valence-electron chi connectivity index (χ1n) is 8.97. The second-order valence-electron chi connectivity index (χ2n) is 6.37. The maximum absolute atomic E-state index is 12.7. The van der Waals surface area contributed by atoms with Gasteiger partial charge in [-0.2, -0.15) is 0 Å². The minimum atomic E-state index is -0.460. The molecule has 26 heavy (non-hydrogen) atoms. The molecule has 0 radical (unpaired) electrons. The highest BCUT2D eigenvalue weighted by Gasteiger charge is 2.35. The van der Waals surface area contributed by atoms with Gasteiger partial charge in [-0.3, -0.25) is 9.59 Å². The lowest BCUT2D eigenvalue weighted by atomic mass is 10.1. The van der Waals surface area contributed by atoms with Crippen LogP contribution in [0.4, 0.5) is 0 Å². The topological polar surface area (TPSA) is 71.8 Å². The van der Waals surface area contributed by atoms with E-state index < -0.39 is 6.04 Å². The number of carbonyl (C=O) groups excluding carboxylic acids is 2. The van der Waals surface area contributed by atoms with Gasteiger partial charge in [0.05, 0.1) is 18.9 Å². The summed E-state index contributed by atoms with van der Waals surface area (Å²) in [6, 6.07) is 10.3. The van der Waals surface area contributed by atoms with E-state index in [9.17, 15) is 9.59 Å². The zero-order valence-corrected chi connectivity index (χ0v) is 15.1. The maximum atomic E-state index is 12.7. The Labute approximate surface area is 153 Å². The first kappa shape index (κ1) is 18.0. The molecule has 2 atom stereocenters. The highest BCUT2D eigenvalue weighted by Crippen LogP contribution is 2.23. The molecule has 1 aliphatic rings. The average Bonchev–Trinajstić information content (AvgIpc) is 3.34. The van der Waals surface area contributed by atoms with Crippen LogP contribution >= 0.6 is 0 Å². The number of nitrogens with zero attached hydrogens (tertiary/aromatic N) is 1. The first-order valence-corrected chi connectivity index (χ1v) is 8.97. The van der Waals surface area contributed by atoms with Gasteiger partial charge in [-0.25, -0.2) is 0 Å². The van der Waals surface area contributed by atoms with Crippen LogP contribution in [0, 0.1) is 0 Å². The van der Waals surface area contributed by atoms with Gasteiger partial charge in [-0.05, 0) is 56.5 Å². The number of carbonyl (C=O) groups is 2. The number of ether oxygens (including phenoxy) is 1. The monoisotopic (exact) mass is 356 g/mol. The van der Waals surface area contributed by atoms with E-state index in [-0.39, 0.29) is 23.6 Å². The van der Waals surface area contributed by atoms with Crippen LogP contribution in [-0.2, 0) is 4.79 Å². The van der Waals surface area contributed by atoms with Crippen molar-refractivity contribution in [3.8, 4) is 5.75 Å². The van der Waals surface area contributed by atoms with E-state index >= 15 is 0 Å². The molecule has 6 nitrogen and oxygen atoms in total. The third-order valence-corrected chi connectivity index (χ3v) is 4.60. The smallest absolute Gasteiger partial charge is 0.290 e. The van der Waals surface area contributed by atoms with Gasteiger partial charge < -0.3 is 19.4 Å². The summed E-state index contributed by atoms with van der Waals surface area (Å²) < 4.78 is 10.6. The standard InChI is InChI=1S/C20H24N2O4/c1-3-25-16-10-8-15(9-11-16)14(2)21-19(23)17-6-4-12-22(17)20(24)18-7-5-13-26-18/h5,7-11,13-14,17H,3-4,6,12H2,1-2H3,(H,21,23). The summed E-state index contributed by atoms with van der Waals surface area (Å²) >= 11 is 0. The zero-order valence-electron chi connectivity index (χ0n) is 15.1. The van der Waals surface area contributed by atoms with Crippen LogP contribution < -0.4 is 10.1 Å². The Morgan fingerprint density at radius 3 is 2.73 bits per heavy atom. The molecule has 0 saturated carbocycles. The second-order valence-corrected chi connectivity index (χ2v) is 6.37. The van der Waals surface area contributed by atoms with E-state index in [1.54, 1.807) is 17.0 Å². The molecule has 2 unspecified atom stereocenters. The van der Waals surface area contributed by atoms with Crippen molar-refractivity contribution in [1.82, 2.24) is 10.2 Å². The van der Waals surface area contributed by atoms with Gasteiger partial charge in [0.15, 0.2) is 5.76 Å². The number of benzene rings is 1. The zero-order chi connectivity index (χ0) is 18.5. The van der Waals surface area contributed by atoms with Crippen molar-refractivity contribution in [3.05, 3.63) is 54.0 Å². The Morgan fingerprint density at radius 1 is 1.31 bits per heavy atom. The minimum absolute atomic E-state index is 0.135. The van der Waals surface area contributed by atoms with E-state index in [1.165, 1.54) is 6.26 Å². The molecule has 1 aliphatic heterocycles. The molecule has 2 aromatic rings. The maximum Gasteiger partial charge on any atom is 0.290 e. The van der Waals surface area contributed by atoms with Crippen molar-refractivity contribution in [3.63, 3.8) is 0 Å². The fourth-order valence-electron chi connectivity index (χ4n) is 3.24.